The maximum Gasteiger partial charge on any atom is 0.317 e. The monoisotopic (exact) mass is 270 g/mol. The highest BCUT2D eigenvalue weighted by Crippen LogP contribution is 2.24. The zero-order chi connectivity index (χ0) is 14.6. The number of rotatable bonds is 4. The van der Waals surface area contributed by atoms with Gasteiger partial charge in [0, 0.05) is 19.1 Å². The van der Waals surface area contributed by atoms with E-state index in [0.717, 1.165) is 12.8 Å². The molecule has 1 atom stereocenters. The van der Waals surface area contributed by atoms with Gasteiger partial charge >= 0.3 is 12.0 Å². The third kappa shape index (κ3) is 4.40. The number of hydrogen-bond donors (Lipinski definition) is 2. The average Bonchev–Trinajstić information content (AvgIpc) is 2.37. The van der Waals surface area contributed by atoms with Crippen LogP contribution in [-0.2, 0) is 4.79 Å². The molecule has 0 bridgehead atoms. The fraction of sp³-hybridized carbons (Fsp3) is 0.857. The van der Waals surface area contributed by atoms with Crippen LogP contribution in [0.2, 0.25) is 0 Å². The third-order valence-electron chi connectivity index (χ3n) is 4.30. The normalized spacial score (nSPS) is 24.9. The predicted molar refractivity (Wildman–Crippen MR) is 74.0 cm³/mol. The molecule has 1 fully saturated rings. The largest absolute Gasteiger partial charge is 0.481 e. The number of carboxylic acids is 1. The molecule has 19 heavy (non-hydrogen) atoms. The highest BCUT2D eigenvalue weighted by molar-refractivity contribution is 5.74. The molecule has 0 radical (unpaired) electrons. The lowest BCUT2D eigenvalue weighted by Gasteiger charge is -2.32. The molecule has 0 aromatic carbocycles. The van der Waals surface area contributed by atoms with E-state index in [1.54, 1.807) is 4.90 Å². The molecule has 0 heterocycles. The van der Waals surface area contributed by atoms with Crippen molar-refractivity contribution in [1.82, 2.24) is 10.2 Å². The highest BCUT2D eigenvalue weighted by atomic mass is 16.4. The average molecular weight is 270 g/mol. The molecule has 5 heteroatoms. The van der Waals surface area contributed by atoms with Crippen molar-refractivity contribution in [1.29, 1.82) is 0 Å². The van der Waals surface area contributed by atoms with Crippen molar-refractivity contribution < 1.29 is 14.7 Å². The van der Waals surface area contributed by atoms with E-state index in [4.69, 9.17) is 5.11 Å². The minimum Gasteiger partial charge on any atom is -0.481 e. The van der Waals surface area contributed by atoms with Crippen molar-refractivity contribution in [3.63, 3.8) is 0 Å². The highest BCUT2D eigenvalue weighted by Gasteiger charge is 2.28. The first-order valence-electron chi connectivity index (χ1n) is 7.09. The van der Waals surface area contributed by atoms with Gasteiger partial charge in [-0.25, -0.2) is 4.79 Å². The van der Waals surface area contributed by atoms with E-state index in [1.165, 1.54) is 0 Å². The molecule has 2 N–H and O–H groups in total. The first-order valence-corrected chi connectivity index (χ1v) is 7.09. The molecule has 5 nitrogen and oxygen atoms in total. The van der Waals surface area contributed by atoms with Gasteiger partial charge in [0.05, 0.1) is 5.92 Å². The lowest BCUT2D eigenvalue weighted by Crippen LogP contribution is -2.48. The quantitative estimate of drug-likeness (QED) is 0.823. The summed E-state index contributed by atoms with van der Waals surface area (Å²) in [7, 11) is 1.81. The minimum absolute atomic E-state index is 0.0556. The fourth-order valence-corrected chi connectivity index (χ4v) is 2.39. The molecule has 1 rings (SSSR count). The van der Waals surface area contributed by atoms with Crippen LogP contribution < -0.4 is 5.32 Å². The van der Waals surface area contributed by atoms with Crippen LogP contribution in [0.4, 0.5) is 4.79 Å². The van der Waals surface area contributed by atoms with Gasteiger partial charge in [-0.15, -0.1) is 0 Å². The lowest BCUT2D eigenvalue weighted by molar-refractivity contribution is -0.142. The van der Waals surface area contributed by atoms with Crippen molar-refractivity contribution in [2.24, 2.45) is 11.8 Å². The zero-order valence-corrected chi connectivity index (χ0v) is 12.3. The van der Waals surface area contributed by atoms with Crippen LogP contribution in [0.5, 0.6) is 0 Å². The number of aliphatic carboxylic acids is 1. The third-order valence-corrected chi connectivity index (χ3v) is 4.30. The van der Waals surface area contributed by atoms with Gasteiger partial charge in [0.2, 0.25) is 0 Å². The van der Waals surface area contributed by atoms with Gasteiger partial charge in [-0.1, -0.05) is 13.8 Å². The number of nitrogens with zero attached hydrogens (tertiary/aromatic N) is 1. The standard InChI is InChI=1S/C14H26N2O3/c1-9(2)10(3)16(4)14(19)15-12-7-5-11(6-8-12)13(17)18/h9-12H,5-8H2,1-4H3,(H,15,19)(H,17,18). The van der Waals surface area contributed by atoms with E-state index >= 15 is 0 Å². The van der Waals surface area contributed by atoms with Crippen LogP contribution in [0, 0.1) is 11.8 Å². The molecule has 0 aromatic heterocycles. The number of hydrogen-bond acceptors (Lipinski definition) is 2. The number of carbonyl (C=O) groups excluding carboxylic acids is 1. The first-order chi connectivity index (χ1) is 8.82. The molecule has 2 amide bonds. The van der Waals surface area contributed by atoms with Crippen LogP contribution in [0.25, 0.3) is 0 Å². The Balaban J connectivity index is 2.40. The maximum absolute atomic E-state index is 12.1. The SMILES string of the molecule is CC(C)C(C)N(C)C(=O)NC1CCC(C(=O)O)CC1. The Morgan fingerprint density at radius 3 is 2.11 bits per heavy atom. The second kappa shape index (κ2) is 6.78. The summed E-state index contributed by atoms with van der Waals surface area (Å²) in [6.45, 7) is 6.21. The summed E-state index contributed by atoms with van der Waals surface area (Å²) in [6, 6.07) is 0.250. The van der Waals surface area contributed by atoms with Gasteiger partial charge in [0.1, 0.15) is 0 Å². The van der Waals surface area contributed by atoms with Crippen LogP contribution >= 0.6 is 0 Å². The predicted octanol–water partition coefficient (Wildman–Crippen LogP) is 2.32. The van der Waals surface area contributed by atoms with Crippen molar-refractivity contribution in [2.75, 3.05) is 7.05 Å². The van der Waals surface area contributed by atoms with Gasteiger partial charge in [-0.2, -0.15) is 0 Å². The van der Waals surface area contributed by atoms with Gasteiger partial charge in [0.15, 0.2) is 0 Å². The molecular weight excluding hydrogens is 244 g/mol. The maximum atomic E-state index is 12.1. The van der Waals surface area contributed by atoms with Crippen molar-refractivity contribution in [3.8, 4) is 0 Å². The Labute approximate surface area is 115 Å². The van der Waals surface area contributed by atoms with E-state index in [1.807, 2.05) is 14.0 Å². The molecule has 0 spiro atoms. The molecule has 1 saturated carbocycles. The van der Waals surface area contributed by atoms with E-state index < -0.39 is 5.97 Å². The molecule has 1 unspecified atom stereocenters. The molecule has 0 aliphatic heterocycles. The van der Waals surface area contributed by atoms with Gasteiger partial charge in [-0.3, -0.25) is 4.79 Å². The van der Waals surface area contributed by atoms with Crippen LogP contribution in [0.1, 0.15) is 46.5 Å². The van der Waals surface area contributed by atoms with E-state index in [2.05, 4.69) is 19.2 Å². The molecule has 110 valence electrons. The molecular formula is C14H26N2O3. The molecule has 1 aliphatic carbocycles. The van der Waals surface area contributed by atoms with E-state index in [9.17, 15) is 9.59 Å². The summed E-state index contributed by atoms with van der Waals surface area (Å²) in [4.78, 5) is 24.7. The second-order valence-electron chi connectivity index (χ2n) is 5.93. The lowest BCUT2D eigenvalue weighted by atomic mass is 9.86. The van der Waals surface area contributed by atoms with Gasteiger partial charge in [-0.05, 0) is 38.5 Å². The summed E-state index contributed by atoms with van der Waals surface area (Å²) in [6.07, 6.45) is 2.83. The van der Waals surface area contributed by atoms with Crippen molar-refractivity contribution in [2.45, 2.75) is 58.5 Å². The summed E-state index contributed by atoms with van der Waals surface area (Å²) < 4.78 is 0. The Kier molecular flexibility index (Phi) is 5.63. The van der Waals surface area contributed by atoms with E-state index in [0.29, 0.717) is 18.8 Å². The van der Waals surface area contributed by atoms with Crippen molar-refractivity contribution in [3.05, 3.63) is 0 Å². The van der Waals surface area contributed by atoms with E-state index in [-0.39, 0.29) is 24.0 Å². The van der Waals surface area contributed by atoms with Crippen LogP contribution in [0.15, 0.2) is 0 Å². The Morgan fingerprint density at radius 2 is 1.68 bits per heavy atom. The van der Waals surface area contributed by atoms with Gasteiger partial charge < -0.3 is 15.3 Å². The molecule has 0 aromatic rings. The number of urea groups is 1. The first kappa shape index (κ1) is 15.8. The van der Waals surface area contributed by atoms with Crippen LogP contribution in [0.3, 0.4) is 0 Å². The smallest absolute Gasteiger partial charge is 0.317 e. The summed E-state index contributed by atoms with van der Waals surface area (Å²) >= 11 is 0. The summed E-state index contributed by atoms with van der Waals surface area (Å²) in [5.74, 6) is -0.533. The summed E-state index contributed by atoms with van der Waals surface area (Å²) in [5, 5.41) is 11.9. The Hall–Kier alpha value is -1.26. The molecule has 1 aliphatic rings. The summed E-state index contributed by atoms with van der Waals surface area (Å²) in [5.41, 5.74) is 0. The van der Waals surface area contributed by atoms with Crippen molar-refractivity contribution >= 4 is 12.0 Å². The number of carbonyl (C=O) groups is 2. The Morgan fingerprint density at radius 1 is 1.16 bits per heavy atom. The zero-order valence-electron chi connectivity index (χ0n) is 12.3. The van der Waals surface area contributed by atoms with Crippen LogP contribution in [-0.4, -0.2) is 41.1 Å². The molecule has 0 saturated heterocycles. The van der Waals surface area contributed by atoms with Gasteiger partial charge in [0.25, 0.3) is 0 Å². The number of amides is 2. The fourth-order valence-electron chi connectivity index (χ4n) is 2.39. The number of nitrogens with one attached hydrogen (secondary N) is 1. The Bertz CT molecular complexity index is 323. The number of carboxylic acid groups (broad SMARTS) is 1. The minimum atomic E-state index is -0.713. The second-order valence-corrected chi connectivity index (χ2v) is 5.93. The topological polar surface area (TPSA) is 69.6 Å².